The molecule has 4 heteroatoms. The Kier molecular flexibility index (Phi) is 4.09. The van der Waals surface area contributed by atoms with E-state index in [0.29, 0.717) is 22.3 Å². The maximum Gasteiger partial charge on any atom is 0.240 e. The number of ketones is 2. The molecule has 0 bridgehead atoms. The number of hydrogen-bond donors (Lipinski definition) is 1. The Bertz CT molecular complexity index is 642. The van der Waals surface area contributed by atoms with Gasteiger partial charge in [-0.2, -0.15) is 0 Å². The van der Waals surface area contributed by atoms with Crippen LogP contribution in [0.2, 0.25) is 0 Å². The van der Waals surface area contributed by atoms with E-state index in [4.69, 9.17) is 0 Å². The van der Waals surface area contributed by atoms with E-state index in [1.54, 1.807) is 48.5 Å². The summed E-state index contributed by atoms with van der Waals surface area (Å²) >= 11 is 0. The molecule has 0 unspecified atom stereocenters. The van der Waals surface area contributed by atoms with Crippen molar-refractivity contribution in [1.29, 1.82) is 0 Å². The third-order valence-electron chi connectivity index (χ3n) is 3.03. The molecular weight excluding hydrogens is 266 g/mol. The number of benzene rings is 2. The highest BCUT2D eigenvalue weighted by Gasteiger charge is 2.28. The first-order valence-corrected chi connectivity index (χ1v) is 6.25. The zero-order chi connectivity index (χ0) is 15.4. The van der Waals surface area contributed by atoms with Crippen molar-refractivity contribution in [2.24, 2.45) is 5.73 Å². The fourth-order valence-electron chi connectivity index (χ4n) is 2.05. The maximum absolute atomic E-state index is 12.1. The highest BCUT2D eigenvalue weighted by Crippen LogP contribution is 2.26. The molecule has 0 saturated heterocycles. The van der Waals surface area contributed by atoms with Crippen molar-refractivity contribution in [2.45, 2.75) is 0 Å². The topological polar surface area (TPSA) is 77.2 Å². The van der Waals surface area contributed by atoms with E-state index in [0.717, 1.165) is 6.08 Å². The molecule has 1 aliphatic rings. The zero-order valence-electron chi connectivity index (χ0n) is 11.2. The molecule has 21 heavy (non-hydrogen) atoms. The first kappa shape index (κ1) is 14.4. The van der Waals surface area contributed by atoms with E-state index in [1.165, 1.54) is 0 Å². The van der Waals surface area contributed by atoms with Crippen LogP contribution in [0.25, 0.3) is 0 Å². The third kappa shape index (κ3) is 2.79. The van der Waals surface area contributed by atoms with Crippen molar-refractivity contribution in [1.82, 2.24) is 0 Å². The Morgan fingerprint density at radius 2 is 1.05 bits per heavy atom. The lowest BCUT2D eigenvalue weighted by Crippen LogP contribution is -2.20. The summed E-state index contributed by atoms with van der Waals surface area (Å²) in [4.78, 5) is 33.7. The first-order valence-electron chi connectivity index (χ1n) is 6.25. The summed E-state index contributed by atoms with van der Waals surface area (Å²) in [5, 5.41) is 0. The summed E-state index contributed by atoms with van der Waals surface area (Å²) in [6.07, 6.45) is 1.06. The standard InChI is InChI=1S/C14H8O2.C3H5NO/c15-13-9-5-1-2-6-10(9)14(16)12-8-4-3-7-11(12)13;1-2-3(4)5/h1-8H;2H,1H2,(H2,4,5). The number of rotatable bonds is 1. The Morgan fingerprint density at radius 1 is 0.810 bits per heavy atom. The van der Waals surface area contributed by atoms with Gasteiger partial charge in [-0.25, -0.2) is 0 Å². The first-order chi connectivity index (χ1) is 10.1. The second-order valence-corrected chi connectivity index (χ2v) is 4.36. The fraction of sp³-hybridized carbons (Fsp3) is 0. The summed E-state index contributed by atoms with van der Waals surface area (Å²) in [6, 6.07) is 13.9. The molecule has 0 aromatic heterocycles. The minimum atomic E-state index is -0.481. The van der Waals surface area contributed by atoms with Crippen LogP contribution in [-0.2, 0) is 4.79 Å². The molecule has 104 valence electrons. The zero-order valence-corrected chi connectivity index (χ0v) is 11.2. The Labute approximate surface area is 121 Å². The predicted molar refractivity (Wildman–Crippen MR) is 79.1 cm³/mol. The number of carbonyl (C=O) groups is 3. The van der Waals surface area contributed by atoms with E-state index in [2.05, 4.69) is 12.3 Å². The van der Waals surface area contributed by atoms with Crippen molar-refractivity contribution in [3.8, 4) is 0 Å². The summed E-state index contributed by atoms with van der Waals surface area (Å²) in [5.41, 5.74) is 6.56. The molecule has 0 heterocycles. The molecule has 1 amide bonds. The van der Waals surface area contributed by atoms with E-state index in [1.807, 2.05) is 0 Å². The number of hydrogen-bond acceptors (Lipinski definition) is 3. The average Bonchev–Trinajstić information content (AvgIpc) is 2.53. The minimum Gasteiger partial charge on any atom is -0.366 e. The predicted octanol–water partition coefficient (Wildman–Crippen LogP) is 2.12. The molecule has 0 fully saturated rings. The summed E-state index contributed by atoms with van der Waals surface area (Å²) < 4.78 is 0. The van der Waals surface area contributed by atoms with E-state index in [-0.39, 0.29) is 11.6 Å². The van der Waals surface area contributed by atoms with Gasteiger partial charge < -0.3 is 5.73 Å². The second kappa shape index (κ2) is 5.96. The largest absolute Gasteiger partial charge is 0.366 e. The Balaban J connectivity index is 0.000000282. The van der Waals surface area contributed by atoms with Crippen LogP contribution < -0.4 is 5.73 Å². The van der Waals surface area contributed by atoms with Crippen molar-refractivity contribution >= 4 is 17.5 Å². The number of primary amides is 1. The van der Waals surface area contributed by atoms with Gasteiger partial charge in [0.2, 0.25) is 5.91 Å². The van der Waals surface area contributed by atoms with Crippen molar-refractivity contribution in [3.05, 3.63) is 83.4 Å². The van der Waals surface area contributed by atoms with Crippen LogP contribution in [-0.4, -0.2) is 17.5 Å². The van der Waals surface area contributed by atoms with Gasteiger partial charge in [-0.15, -0.1) is 0 Å². The van der Waals surface area contributed by atoms with Crippen LogP contribution >= 0.6 is 0 Å². The van der Waals surface area contributed by atoms with E-state index >= 15 is 0 Å². The lowest BCUT2D eigenvalue weighted by Gasteiger charge is -2.16. The van der Waals surface area contributed by atoms with Crippen molar-refractivity contribution < 1.29 is 14.4 Å². The van der Waals surface area contributed by atoms with Crippen LogP contribution in [0.5, 0.6) is 0 Å². The smallest absolute Gasteiger partial charge is 0.240 e. The monoisotopic (exact) mass is 279 g/mol. The maximum atomic E-state index is 12.1. The van der Waals surface area contributed by atoms with Gasteiger partial charge in [0.15, 0.2) is 11.6 Å². The molecule has 3 rings (SSSR count). The molecule has 2 aromatic carbocycles. The Morgan fingerprint density at radius 3 is 1.24 bits per heavy atom. The molecule has 0 spiro atoms. The lowest BCUT2D eigenvalue weighted by atomic mass is 9.84. The van der Waals surface area contributed by atoms with Gasteiger partial charge in [-0.1, -0.05) is 55.1 Å². The molecule has 0 radical (unpaired) electrons. The minimum absolute atomic E-state index is 0.0641. The van der Waals surface area contributed by atoms with E-state index in [9.17, 15) is 14.4 Å². The molecule has 4 nitrogen and oxygen atoms in total. The van der Waals surface area contributed by atoms with Crippen LogP contribution in [0.1, 0.15) is 31.8 Å². The summed E-state index contributed by atoms with van der Waals surface area (Å²) in [6.45, 7) is 3.09. The SMILES string of the molecule is C=CC(N)=O.O=C1c2ccccc2C(=O)c2ccccc21. The highest BCUT2D eigenvalue weighted by molar-refractivity contribution is 6.28. The normalized spacial score (nSPS) is 11.6. The van der Waals surface area contributed by atoms with Gasteiger partial charge in [0, 0.05) is 22.3 Å². The quantitative estimate of drug-likeness (QED) is 0.693. The summed E-state index contributed by atoms with van der Waals surface area (Å²) in [5.74, 6) is -0.610. The van der Waals surface area contributed by atoms with Gasteiger partial charge in [0.05, 0.1) is 0 Å². The molecule has 2 aromatic rings. The molecule has 1 aliphatic carbocycles. The van der Waals surface area contributed by atoms with Crippen LogP contribution in [0.15, 0.2) is 61.2 Å². The summed E-state index contributed by atoms with van der Waals surface area (Å²) in [7, 11) is 0. The number of carbonyl (C=O) groups excluding carboxylic acids is 3. The van der Waals surface area contributed by atoms with Gasteiger partial charge in [0.1, 0.15) is 0 Å². The highest BCUT2D eigenvalue weighted by atomic mass is 16.1. The van der Waals surface area contributed by atoms with E-state index < -0.39 is 5.91 Å². The van der Waals surface area contributed by atoms with Gasteiger partial charge >= 0.3 is 0 Å². The number of amides is 1. The van der Waals surface area contributed by atoms with Gasteiger partial charge in [-0.3, -0.25) is 14.4 Å². The molecule has 0 atom stereocenters. The van der Waals surface area contributed by atoms with Crippen LogP contribution in [0.3, 0.4) is 0 Å². The van der Waals surface area contributed by atoms with Crippen LogP contribution in [0.4, 0.5) is 0 Å². The molecule has 0 aliphatic heterocycles. The van der Waals surface area contributed by atoms with Gasteiger partial charge in [-0.05, 0) is 6.08 Å². The van der Waals surface area contributed by atoms with Crippen molar-refractivity contribution in [2.75, 3.05) is 0 Å². The second-order valence-electron chi connectivity index (χ2n) is 4.36. The molecule has 0 saturated carbocycles. The molecule has 2 N–H and O–H groups in total. The third-order valence-corrected chi connectivity index (χ3v) is 3.03. The van der Waals surface area contributed by atoms with Crippen LogP contribution in [0, 0.1) is 0 Å². The van der Waals surface area contributed by atoms with Gasteiger partial charge in [0.25, 0.3) is 0 Å². The Hall–Kier alpha value is -3.01. The fourth-order valence-corrected chi connectivity index (χ4v) is 2.05. The molecular formula is C17H13NO3. The average molecular weight is 279 g/mol. The van der Waals surface area contributed by atoms with Crippen molar-refractivity contribution in [3.63, 3.8) is 0 Å². The number of fused-ring (bicyclic) bond motifs is 2. The lowest BCUT2D eigenvalue weighted by molar-refractivity contribution is -0.113. The number of nitrogens with two attached hydrogens (primary N) is 1.